The van der Waals surface area contributed by atoms with E-state index in [-0.39, 0.29) is 24.8 Å². The van der Waals surface area contributed by atoms with Gasteiger partial charge in [0, 0.05) is 41.7 Å². The monoisotopic (exact) mass is 378 g/mol. The highest BCUT2D eigenvalue weighted by Crippen LogP contribution is 2.17. The third kappa shape index (κ3) is 5.76. The lowest BCUT2D eigenvalue weighted by Gasteiger charge is -2.21. The van der Waals surface area contributed by atoms with E-state index < -0.39 is 0 Å². The molecule has 6 heteroatoms. The minimum absolute atomic E-state index is 0.0289. The van der Waals surface area contributed by atoms with Crippen molar-refractivity contribution in [3.05, 3.63) is 69.7 Å². The van der Waals surface area contributed by atoms with E-state index in [1.807, 2.05) is 31.2 Å². The number of nitrogens with one attached hydrogen (secondary N) is 1. The average Bonchev–Trinajstić information content (AvgIpc) is 2.61. The van der Waals surface area contributed by atoms with E-state index in [0.29, 0.717) is 28.7 Å². The standard InChI is InChI=1S/C19H20Cl2N2O2/c1-2-23(13-15-5-3-4-6-17(15)21)18(24)11-12-22-19(25)14-7-9-16(20)10-8-14/h3-10H,2,11-13H2,1H3,(H,22,25). The SMILES string of the molecule is CCN(Cc1ccccc1Cl)C(=O)CCNC(=O)c1ccc(Cl)cc1. The molecule has 0 atom stereocenters. The number of hydrogen-bond donors (Lipinski definition) is 1. The van der Waals surface area contributed by atoms with Gasteiger partial charge in [0.05, 0.1) is 0 Å². The van der Waals surface area contributed by atoms with E-state index in [1.165, 1.54) is 0 Å². The molecule has 0 aliphatic rings. The largest absolute Gasteiger partial charge is 0.352 e. The van der Waals surface area contributed by atoms with Crippen LogP contribution in [-0.4, -0.2) is 29.8 Å². The predicted molar refractivity (Wildman–Crippen MR) is 101 cm³/mol. The summed E-state index contributed by atoms with van der Waals surface area (Å²) >= 11 is 11.9. The summed E-state index contributed by atoms with van der Waals surface area (Å²) in [6.07, 6.45) is 0.234. The van der Waals surface area contributed by atoms with Crippen molar-refractivity contribution < 1.29 is 9.59 Å². The minimum atomic E-state index is -0.224. The summed E-state index contributed by atoms with van der Waals surface area (Å²) < 4.78 is 0. The summed E-state index contributed by atoms with van der Waals surface area (Å²) in [4.78, 5) is 26.1. The fraction of sp³-hybridized carbons (Fsp3) is 0.263. The van der Waals surface area contributed by atoms with Gasteiger partial charge in [-0.05, 0) is 42.8 Å². The Morgan fingerprint density at radius 1 is 1.04 bits per heavy atom. The summed E-state index contributed by atoms with van der Waals surface area (Å²) in [5, 5.41) is 3.97. The molecule has 4 nitrogen and oxygen atoms in total. The average molecular weight is 379 g/mol. The number of carbonyl (C=O) groups excluding carboxylic acids is 2. The molecule has 0 aromatic heterocycles. The molecule has 0 heterocycles. The maximum Gasteiger partial charge on any atom is 0.251 e. The van der Waals surface area contributed by atoms with Crippen molar-refractivity contribution in [2.45, 2.75) is 19.9 Å². The minimum Gasteiger partial charge on any atom is -0.352 e. The zero-order valence-corrected chi connectivity index (χ0v) is 15.5. The van der Waals surface area contributed by atoms with Crippen LogP contribution in [0.3, 0.4) is 0 Å². The van der Waals surface area contributed by atoms with Gasteiger partial charge in [0.25, 0.3) is 5.91 Å². The first kappa shape index (κ1) is 19.3. The molecule has 0 fully saturated rings. The molecule has 0 saturated carbocycles. The van der Waals surface area contributed by atoms with E-state index in [4.69, 9.17) is 23.2 Å². The zero-order chi connectivity index (χ0) is 18.2. The molecule has 0 saturated heterocycles. The van der Waals surface area contributed by atoms with Gasteiger partial charge in [0.2, 0.25) is 5.91 Å². The smallest absolute Gasteiger partial charge is 0.251 e. The molecule has 0 unspecified atom stereocenters. The molecular formula is C19H20Cl2N2O2. The molecule has 0 radical (unpaired) electrons. The molecule has 2 aromatic rings. The van der Waals surface area contributed by atoms with Crippen molar-refractivity contribution in [1.82, 2.24) is 10.2 Å². The van der Waals surface area contributed by atoms with Gasteiger partial charge in [-0.3, -0.25) is 9.59 Å². The molecule has 0 bridgehead atoms. The van der Waals surface area contributed by atoms with Gasteiger partial charge in [0.1, 0.15) is 0 Å². The number of rotatable bonds is 7. The number of hydrogen-bond acceptors (Lipinski definition) is 2. The van der Waals surface area contributed by atoms with Gasteiger partial charge in [-0.25, -0.2) is 0 Å². The number of carbonyl (C=O) groups is 2. The van der Waals surface area contributed by atoms with Crippen LogP contribution in [0, 0.1) is 0 Å². The number of amides is 2. The molecular weight excluding hydrogens is 359 g/mol. The Morgan fingerprint density at radius 2 is 1.72 bits per heavy atom. The fourth-order valence-corrected chi connectivity index (χ4v) is 2.67. The van der Waals surface area contributed by atoms with Crippen LogP contribution >= 0.6 is 23.2 Å². The van der Waals surface area contributed by atoms with E-state index in [2.05, 4.69) is 5.32 Å². The molecule has 2 amide bonds. The molecule has 0 aliphatic heterocycles. The summed E-state index contributed by atoms with van der Waals surface area (Å²) in [5.74, 6) is -0.252. The third-order valence-electron chi connectivity index (χ3n) is 3.78. The topological polar surface area (TPSA) is 49.4 Å². The second-order valence-electron chi connectivity index (χ2n) is 5.51. The van der Waals surface area contributed by atoms with Crippen molar-refractivity contribution in [2.24, 2.45) is 0 Å². The lowest BCUT2D eigenvalue weighted by molar-refractivity contribution is -0.131. The molecule has 25 heavy (non-hydrogen) atoms. The van der Waals surface area contributed by atoms with Crippen LogP contribution < -0.4 is 5.32 Å². The Kier molecular flexibility index (Phi) is 7.29. The molecule has 2 aromatic carbocycles. The van der Waals surface area contributed by atoms with Gasteiger partial charge >= 0.3 is 0 Å². The second-order valence-corrected chi connectivity index (χ2v) is 6.36. The highest BCUT2D eigenvalue weighted by Gasteiger charge is 2.14. The number of halogens is 2. The lowest BCUT2D eigenvalue weighted by Crippen LogP contribution is -2.34. The summed E-state index contributed by atoms with van der Waals surface area (Å²) in [7, 11) is 0. The Balaban J connectivity index is 1.84. The van der Waals surface area contributed by atoms with E-state index in [9.17, 15) is 9.59 Å². The van der Waals surface area contributed by atoms with Crippen LogP contribution in [0.4, 0.5) is 0 Å². The molecule has 132 valence electrons. The maximum atomic E-state index is 12.4. The van der Waals surface area contributed by atoms with Crippen LogP contribution in [-0.2, 0) is 11.3 Å². The Labute approximate surface area is 157 Å². The van der Waals surface area contributed by atoms with Crippen molar-refractivity contribution in [3.63, 3.8) is 0 Å². The van der Waals surface area contributed by atoms with Crippen LogP contribution in [0.1, 0.15) is 29.3 Å². The van der Waals surface area contributed by atoms with Crippen molar-refractivity contribution in [1.29, 1.82) is 0 Å². The molecule has 0 spiro atoms. The highest BCUT2D eigenvalue weighted by atomic mass is 35.5. The van der Waals surface area contributed by atoms with Crippen LogP contribution in [0.5, 0.6) is 0 Å². The maximum absolute atomic E-state index is 12.4. The summed E-state index contributed by atoms with van der Waals surface area (Å²) in [6, 6.07) is 14.1. The quantitative estimate of drug-likeness (QED) is 0.785. The second kappa shape index (κ2) is 9.44. The number of benzene rings is 2. The fourth-order valence-electron chi connectivity index (χ4n) is 2.35. The van der Waals surface area contributed by atoms with E-state index in [0.717, 1.165) is 5.56 Å². The van der Waals surface area contributed by atoms with Crippen molar-refractivity contribution in [3.8, 4) is 0 Å². The van der Waals surface area contributed by atoms with Gasteiger partial charge < -0.3 is 10.2 Å². The van der Waals surface area contributed by atoms with Gasteiger partial charge in [-0.15, -0.1) is 0 Å². The highest BCUT2D eigenvalue weighted by molar-refractivity contribution is 6.31. The van der Waals surface area contributed by atoms with Gasteiger partial charge in [-0.2, -0.15) is 0 Å². The number of nitrogens with zero attached hydrogens (tertiary/aromatic N) is 1. The van der Waals surface area contributed by atoms with Gasteiger partial charge in [0.15, 0.2) is 0 Å². The van der Waals surface area contributed by atoms with E-state index >= 15 is 0 Å². The molecule has 2 rings (SSSR count). The Morgan fingerprint density at radius 3 is 2.36 bits per heavy atom. The van der Waals surface area contributed by atoms with Gasteiger partial charge in [-0.1, -0.05) is 41.4 Å². The first-order chi connectivity index (χ1) is 12.0. The van der Waals surface area contributed by atoms with E-state index in [1.54, 1.807) is 29.2 Å². The summed E-state index contributed by atoms with van der Waals surface area (Å²) in [6.45, 7) is 3.23. The van der Waals surface area contributed by atoms with Crippen LogP contribution in [0.25, 0.3) is 0 Å². The normalized spacial score (nSPS) is 10.4. The zero-order valence-electron chi connectivity index (χ0n) is 14.0. The predicted octanol–water partition coefficient (Wildman–Crippen LogP) is 4.16. The first-order valence-electron chi connectivity index (χ1n) is 8.06. The Hall–Kier alpha value is -2.04. The van der Waals surface area contributed by atoms with Crippen LogP contribution in [0.15, 0.2) is 48.5 Å². The molecule has 0 aliphatic carbocycles. The molecule has 1 N–H and O–H groups in total. The van der Waals surface area contributed by atoms with Crippen molar-refractivity contribution >= 4 is 35.0 Å². The first-order valence-corrected chi connectivity index (χ1v) is 8.81. The van der Waals surface area contributed by atoms with Crippen molar-refractivity contribution in [2.75, 3.05) is 13.1 Å². The lowest BCUT2D eigenvalue weighted by atomic mass is 10.2. The Bertz CT molecular complexity index is 732. The third-order valence-corrected chi connectivity index (χ3v) is 4.41. The van der Waals surface area contributed by atoms with Crippen LogP contribution in [0.2, 0.25) is 10.0 Å². The summed E-state index contributed by atoms with van der Waals surface area (Å²) in [5.41, 5.74) is 1.42.